The minimum Gasteiger partial charge on any atom is -0.434 e. The molecule has 3 aromatic rings. The molecule has 1 aliphatic heterocycles. The molecule has 0 saturated carbocycles. The highest BCUT2D eigenvalue weighted by molar-refractivity contribution is 5.99. The van der Waals surface area contributed by atoms with Gasteiger partial charge in [0.15, 0.2) is 0 Å². The fourth-order valence-electron chi connectivity index (χ4n) is 3.78. The van der Waals surface area contributed by atoms with Crippen LogP contribution in [0.5, 0.6) is 5.75 Å². The number of ether oxygens (including phenoxy) is 1. The Morgan fingerprint density at radius 2 is 1.50 bits per heavy atom. The molecule has 6 nitrogen and oxygen atoms in total. The Kier molecular flexibility index (Phi) is 5.39. The molecule has 0 N–H and O–H groups in total. The summed E-state index contributed by atoms with van der Waals surface area (Å²) in [5.74, 6) is -0.628. The SMILES string of the molecule is Cn1c(C(=O)N2CCN(C(=O)c3ccccc3OC(F)F)CC2)cc2ccccc21. The number of para-hydroxylation sites is 2. The lowest BCUT2D eigenvalue weighted by atomic mass is 10.1. The number of hydrogen-bond acceptors (Lipinski definition) is 3. The molecule has 0 aliphatic carbocycles. The van der Waals surface area contributed by atoms with Crippen molar-refractivity contribution >= 4 is 22.7 Å². The van der Waals surface area contributed by atoms with Crippen molar-refractivity contribution in [3.8, 4) is 5.75 Å². The first-order valence-electron chi connectivity index (χ1n) is 9.62. The smallest absolute Gasteiger partial charge is 0.387 e. The van der Waals surface area contributed by atoms with Crippen LogP contribution in [0, 0.1) is 0 Å². The number of carbonyl (C=O) groups is 2. The van der Waals surface area contributed by atoms with Crippen LogP contribution in [-0.4, -0.2) is 59.0 Å². The standard InChI is InChI=1S/C22H21F2N3O3/c1-25-17-8-4-2-6-15(17)14-18(25)21(29)27-12-10-26(11-13-27)20(28)16-7-3-5-9-19(16)30-22(23)24/h2-9,14,22H,10-13H2,1H3. The van der Waals surface area contributed by atoms with E-state index in [1.165, 1.54) is 18.2 Å². The Hall–Kier alpha value is -3.42. The molecule has 1 aliphatic rings. The molecule has 156 valence electrons. The number of hydrogen-bond donors (Lipinski definition) is 0. The number of fused-ring (bicyclic) bond motifs is 1. The van der Waals surface area contributed by atoms with E-state index in [1.54, 1.807) is 15.9 Å². The number of nitrogens with zero attached hydrogens (tertiary/aromatic N) is 3. The van der Waals surface area contributed by atoms with Crippen molar-refractivity contribution in [2.24, 2.45) is 7.05 Å². The van der Waals surface area contributed by atoms with Gasteiger partial charge in [-0.1, -0.05) is 30.3 Å². The lowest BCUT2D eigenvalue weighted by Gasteiger charge is -2.35. The second-order valence-electron chi connectivity index (χ2n) is 7.11. The second kappa shape index (κ2) is 8.14. The summed E-state index contributed by atoms with van der Waals surface area (Å²) in [6, 6.07) is 15.6. The van der Waals surface area contributed by atoms with Crippen molar-refractivity contribution in [3.05, 3.63) is 65.9 Å². The molecule has 1 saturated heterocycles. The Labute approximate surface area is 172 Å². The average Bonchev–Trinajstić information content (AvgIpc) is 3.09. The van der Waals surface area contributed by atoms with Crippen molar-refractivity contribution in [3.63, 3.8) is 0 Å². The van der Waals surface area contributed by atoms with Crippen LogP contribution in [0.15, 0.2) is 54.6 Å². The number of alkyl halides is 2. The fourth-order valence-corrected chi connectivity index (χ4v) is 3.78. The van der Waals surface area contributed by atoms with E-state index in [0.29, 0.717) is 31.9 Å². The molecule has 1 fully saturated rings. The van der Waals surface area contributed by atoms with Gasteiger partial charge in [-0.25, -0.2) is 0 Å². The Morgan fingerprint density at radius 3 is 2.17 bits per heavy atom. The molecule has 2 heterocycles. The highest BCUT2D eigenvalue weighted by Gasteiger charge is 2.28. The van der Waals surface area contributed by atoms with E-state index < -0.39 is 6.61 Å². The quantitative estimate of drug-likeness (QED) is 0.659. The van der Waals surface area contributed by atoms with Gasteiger partial charge in [-0.2, -0.15) is 8.78 Å². The Morgan fingerprint density at radius 1 is 0.900 bits per heavy atom. The van der Waals surface area contributed by atoms with Gasteiger partial charge in [0.05, 0.1) is 5.56 Å². The van der Waals surface area contributed by atoms with Crippen molar-refractivity contribution < 1.29 is 23.1 Å². The number of carbonyl (C=O) groups excluding carboxylic acids is 2. The number of rotatable bonds is 4. The van der Waals surface area contributed by atoms with Crippen molar-refractivity contribution in [2.45, 2.75) is 6.61 Å². The van der Waals surface area contributed by atoms with Gasteiger partial charge in [-0.15, -0.1) is 0 Å². The predicted octanol–water partition coefficient (Wildman–Crippen LogP) is 3.38. The van der Waals surface area contributed by atoms with E-state index in [-0.39, 0.29) is 23.1 Å². The zero-order valence-electron chi connectivity index (χ0n) is 16.4. The molecule has 30 heavy (non-hydrogen) atoms. The summed E-state index contributed by atoms with van der Waals surface area (Å²) in [6.45, 7) is -1.64. The van der Waals surface area contributed by atoms with Gasteiger partial charge in [-0.05, 0) is 24.3 Å². The summed E-state index contributed by atoms with van der Waals surface area (Å²) in [7, 11) is 1.86. The van der Waals surface area contributed by atoms with Crippen LogP contribution in [-0.2, 0) is 7.05 Å². The van der Waals surface area contributed by atoms with E-state index in [2.05, 4.69) is 4.74 Å². The maximum Gasteiger partial charge on any atom is 0.387 e. The molecule has 2 aromatic carbocycles. The summed E-state index contributed by atoms with van der Waals surface area (Å²) in [5.41, 5.74) is 1.66. The zero-order valence-corrected chi connectivity index (χ0v) is 16.4. The zero-order chi connectivity index (χ0) is 21.3. The Balaban J connectivity index is 1.45. The van der Waals surface area contributed by atoms with E-state index >= 15 is 0 Å². The van der Waals surface area contributed by atoms with Crippen molar-refractivity contribution in [1.29, 1.82) is 0 Å². The molecule has 1 aromatic heterocycles. The Bertz CT molecular complexity index is 1090. The van der Waals surface area contributed by atoms with Gasteiger partial charge in [0.2, 0.25) is 0 Å². The van der Waals surface area contributed by atoms with Gasteiger partial charge >= 0.3 is 6.61 Å². The number of aromatic nitrogens is 1. The molecule has 2 amide bonds. The van der Waals surface area contributed by atoms with E-state index in [0.717, 1.165) is 10.9 Å². The predicted molar refractivity (Wildman–Crippen MR) is 108 cm³/mol. The number of amides is 2. The van der Waals surface area contributed by atoms with Crippen molar-refractivity contribution in [1.82, 2.24) is 14.4 Å². The van der Waals surface area contributed by atoms with E-state index in [4.69, 9.17) is 0 Å². The van der Waals surface area contributed by atoms with E-state index in [1.807, 2.05) is 41.9 Å². The van der Waals surface area contributed by atoms with Crippen LogP contribution in [0.3, 0.4) is 0 Å². The van der Waals surface area contributed by atoms with Gasteiger partial charge in [0.25, 0.3) is 11.8 Å². The third-order valence-electron chi connectivity index (χ3n) is 5.36. The van der Waals surface area contributed by atoms with Crippen molar-refractivity contribution in [2.75, 3.05) is 26.2 Å². The lowest BCUT2D eigenvalue weighted by molar-refractivity contribution is -0.0503. The third kappa shape index (κ3) is 3.72. The molecule has 0 unspecified atom stereocenters. The molecule has 0 radical (unpaired) electrons. The molecule has 0 spiro atoms. The summed E-state index contributed by atoms with van der Waals surface area (Å²) < 4.78 is 31.6. The highest BCUT2D eigenvalue weighted by Crippen LogP contribution is 2.24. The van der Waals surface area contributed by atoms with Crippen LogP contribution < -0.4 is 4.74 Å². The largest absolute Gasteiger partial charge is 0.434 e. The first-order valence-corrected chi connectivity index (χ1v) is 9.62. The van der Waals surface area contributed by atoms with Gasteiger partial charge in [0.1, 0.15) is 11.4 Å². The molecule has 0 bridgehead atoms. The van der Waals surface area contributed by atoms with E-state index in [9.17, 15) is 18.4 Å². The van der Waals surface area contributed by atoms with Crippen LogP contribution in [0.1, 0.15) is 20.8 Å². The summed E-state index contributed by atoms with van der Waals surface area (Å²) in [6.07, 6.45) is 0. The van der Waals surface area contributed by atoms with Gasteiger partial charge in [-0.3, -0.25) is 9.59 Å². The number of benzene rings is 2. The first-order chi connectivity index (χ1) is 14.5. The molecular formula is C22H21F2N3O3. The average molecular weight is 413 g/mol. The monoisotopic (exact) mass is 413 g/mol. The first kappa shape index (κ1) is 19.9. The normalized spacial score (nSPS) is 14.4. The molecular weight excluding hydrogens is 392 g/mol. The minimum absolute atomic E-state index is 0.0891. The summed E-state index contributed by atoms with van der Waals surface area (Å²) in [5, 5.41) is 0.993. The van der Waals surface area contributed by atoms with Crippen LogP contribution in [0.2, 0.25) is 0 Å². The molecule has 8 heteroatoms. The summed E-state index contributed by atoms with van der Waals surface area (Å²) >= 11 is 0. The number of aryl methyl sites for hydroxylation is 1. The van der Waals surface area contributed by atoms with Gasteiger partial charge in [0, 0.05) is 44.1 Å². The van der Waals surface area contributed by atoms with Crippen LogP contribution >= 0.6 is 0 Å². The summed E-state index contributed by atoms with van der Waals surface area (Å²) in [4.78, 5) is 29.1. The maximum absolute atomic E-state index is 13.0. The topological polar surface area (TPSA) is 54.8 Å². The fraction of sp³-hybridized carbons (Fsp3) is 0.273. The van der Waals surface area contributed by atoms with Crippen LogP contribution in [0.25, 0.3) is 10.9 Å². The number of halogens is 2. The van der Waals surface area contributed by atoms with Crippen LogP contribution in [0.4, 0.5) is 8.78 Å². The highest BCUT2D eigenvalue weighted by atomic mass is 19.3. The third-order valence-corrected chi connectivity index (χ3v) is 5.36. The second-order valence-corrected chi connectivity index (χ2v) is 7.11. The molecule has 4 rings (SSSR count). The maximum atomic E-state index is 13.0. The van der Waals surface area contributed by atoms with Gasteiger partial charge < -0.3 is 19.1 Å². The lowest BCUT2D eigenvalue weighted by Crippen LogP contribution is -2.50. The molecule has 0 atom stereocenters. The number of piperazine rings is 1. The minimum atomic E-state index is -3.01.